The highest BCUT2D eigenvalue weighted by molar-refractivity contribution is 6.31. The van der Waals surface area contributed by atoms with Crippen LogP contribution in [0.25, 0.3) is 0 Å². The molecule has 0 saturated carbocycles. The minimum atomic E-state index is -0.740. The van der Waals surface area contributed by atoms with Gasteiger partial charge in [0.15, 0.2) is 5.96 Å². The number of ether oxygens (including phenoxy) is 2. The first-order chi connectivity index (χ1) is 12.5. The van der Waals surface area contributed by atoms with Crippen LogP contribution in [0.5, 0.6) is 5.75 Å². The number of methoxy groups -OCH3 is 1. The maximum atomic E-state index is 12.6. The highest BCUT2D eigenvalue weighted by Crippen LogP contribution is 2.27. The fourth-order valence-electron chi connectivity index (χ4n) is 2.84. The number of rotatable bonds is 5. The summed E-state index contributed by atoms with van der Waals surface area (Å²) in [6.07, 6.45) is 2.03. The van der Waals surface area contributed by atoms with Gasteiger partial charge in [-0.2, -0.15) is 0 Å². The molecule has 8 nitrogen and oxygen atoms in total. The van der Waals surface area contributed by atoms with Crippen LogP contribution in [0, 0.1) is 0 Å². The molecule has 1 aromatic carbocycles. The first-order valence-corrected chi connectivity index (χ1v) is 8.80. The number of aliphatic imine (C=N–C) groups is 1. The smallest absolute Gasteiger partial charge is 0.247 e. The summed E-state index contributed by atoms with van der Waals surface area (Å²) < 4.78 is 10.7. The van der Waals surface area contributed by atoms with Gasteiger partial charge in [0.1, 0.15) is 11.8 Å². The molecule has 2 amide bonds. The Kier molecular flexibility index (Phi) is 5.95. The summed E-state index contributed by atoms with van der Waals surface area (Å²) >= 11 is 5.98. The standard InChI is InChI=1S/C17H21ClN4O4/c1-25-14-5-4-10(18)7-12(14)20-16(24)13-8-15(23)22-17(21-13)19-9-11-3-2-6-26-11/h4-5,7,11,13H,2-3,6,8-9H2,1H3,(H,20,24)(H2,19,21,22,23)/t11-,13+/m1/s1. The third-order valence-electron chi connectivity index (χ3n) is 4.17. The fraction of sp³-hybridized carbons (Fsp3) is 0.471. The molecule has 9 heteroatoms. The Balaban J connectivity index is 1.65. The molecule has 3 N–H and O–H groups in total. The van der Waals surface area contributed by atoms with E-state index >= 15 is 0 Å². The topological polar surface area (TPSA) is 101 Å². The quantitative estimate of drug-likeness (QED) is 0.714. The zero-order valence-electron chi connectivity index (χ0n) is 14.4. The summed E-state index contributed by atoms with van der Waals surface area (Å²) in [5.74, 6) is 0.128. The molecule has 3 rings (SSSR count). The van der Waals surface area contributed by atoms with Crippen molar-refractivity contribution in [3.05, 3.63) is 23.2 Å². The molecular weight excluding hydrogens is 360 g/mol. The number of nitrogens with zero attached hydrogens (tertiary/aromatic N) is 1. The van der Waals surface area contributed by atoms with Gasteiger partial charge in [0.25, 0.3) is 0 Å². The number of carbonyl (C=O) groups is 2. The van der Waals surface area contributed by atoms with Crippen LogP contribution >= 0.6 is 11.6 Å². The van der Waals surface area contributed by atoms with E-state index in [0.29, 0.717) is 23.0 Å². The monoisotopic (exact) mass is 380 g/mol. The van der Waals surface area contributed by atoms with Gasteiger partial charge in [0, 0.05) is 11.6 Å². The normalized spacial score (nSPS) is 24.1. The number of guanidine groups is 1. The molecule has 140 valence electrons. The van der Waals surface area contributed by atoms with Crippen molar-refractivity contribution in [1.29, 1.82) is 0 Å². The molecule has 0 aromatic heterocycles. The fourth-order valence-corrected chi connectivity index (χ4v) is 3.02. The zero-order valence-corrected chi connectivity index (χ0v) is 15.1. The van der Waals surface area contributed by atoms with Gasteiger partial charge >= 0.3 is 0 Å². The molecule has 2 fully saturated rings. The average Bonchev–Trinajstić information content (AvgIpc) is 3.13. The highest BCUT2D eigenvalue weighted by Gasteiger charge is 2.29. The van der Waals surface area contributed by atoms with Crippen LogP contribution < -0.4 is 20.7 Å². The second-order valence-electron chi connectivity index (χ2n) is 6.11. The van der Waals surface area contributed by atoms with Gasteiger partial charge in [-0.1, -0.05) is 11.6 Å². The number of anilines is 1. The molecule has 0 aliphatic carbocycles. The maximum absolute atomic E-state index is 12.6. The lowest BCUT2D eigenvalue weighted by Crippen LogP contribution is -2.57. The van der Waals surface area contributed by atoms with E-state index in [-0.39, 0.29) is 30.3 Å². The van der Waals surface area contributed by atoms with Gasteiger partial charge in [-0.05, 0) is 31.0 Å². The van der Waals surface area contributed by atoms with Gasteiger partial charge in [-0.25, -0.2) is 0 Å². The zero-order chi connectivity index (χ0) is 18.5. The third kappa shape index (κ3) is 4.64. The number of benzene rings is 1. The van der Waals surface area contributed by atoms with Gasteiger partial charge in [0.2, 0.25) is 11.8 Å². The van der Waals surface area contributed by atoms with Crippen LogP contribution in [-0.2, 0) is 14.3 Å². The molecule has 0 spiro atoms. The van der Waals surface area contributed by atoms with Gasteiger partial charge in [-0.15, -0.1) is 0 Å². The Morgan fingerprint density at radius 2 is 2.35 bits per heavy atom. The number of amides is 2. The summed E-state index contributed by atoms with van der Waals surface area (Å²) in [5, 5.41) is 8.80. The van der Waals surface area contributed by atoms with Crippen LogP contribution in [0.4, 0.5) is 5.69 Å². The Morgan fingerprint density at radius 3 is 3.08 bits per heavy atom. The van der Waals surface area contributed by atoms with Crippen molar-refractivity contribution >= 4 is 35.1 Å². The molecule has 1 aromatic rings. The van der Waals surface area contributed by atoms with E-state index in [2.05, 4.69) is 20.9 Å². The Hall–Kier alpha value is -2.32. The summed E-state index contributed by atoms with van der Waals surface area (Å²) in [5.41, 5.74) is 0.440. The van der Waals surface area contributed by atoms with Crippen molar-refractivity contribution in [3.63, 3.8) is 0 Å². The average molecular weight is 381 g/mol. The van der Waals surface area contributed by atoms with Crippen LogP contribution in [0.3, 0.4) is 0 Å². The molecule has 2 aliphatic heterocycles. The van der Waals surface area contributed by atoms with Crippen LogP contribution in [0.15, 0.2) is 23.2 Å². The third-order valence-corrected chi connectivity index (χ3v) is 4.41. The summed E-state index contributed by atoms with van der Waals surface area (Å²) in [4.78, 5) is 28.8. The summed E-state index contributed by atoms with van der Waals surface area (Å²) in [7, 11) is 1.50. The summed E-state index contributed by atoms with van der Waals surface area (Å²) in [6.45, 7) is 1.18. The maximum Gasteiger partial charge on any atom is 0.247 e. The molecule has 2 saturated heterocycles. The van der Waals surface area contributed by atoms with Crippen molar-refractivity contribution < 1.29 is 19.1 Å². The van der Waals surface area contributed by atoms with Crippen LogP contribution in [0.1, 0.15) is 19.3 Å². The van der Waals surface area contributed by atoms with E-state index in [1.54, 1.807) is 18.2 Å². The predicted octanol–water partition coefficient (Wildman–Crippen LogP) is 1.30. The first-order valence-electron chi connectivity index (χ1n) is 8.42. The Morgan fingerprint density at radius 1 is 1.50 bits per heavy atom. The van der Waals surface area contributed by atoms with E-state index < -0.39 is 6.04 Å². The molecule has 0 bridgehead atoms. The van der Waals surface area contributed by atoms with Crippen molar-refractivity contribution in [3.8, 4) is 5.75 Å². The Labute approximate surface area is 156 Å². The van der Waals surface area contributed by atoms with E-state index in [1.165, 1.54) is 7.11 Å². The van der Waals surface area contributed by atoms with Gasteiger partial charge in [-0.3, -0.25) is 19.9 Å². The van der Waals surface area contributed by atoms with E-state index in [1.807, 2.05) is 0 Å². The van der Waals surface area contributed by atoms with E-state index in [0.717, 1.165) is 19.4 Å². The number of halogens is 1. The van der Waals surface area contributed by atoms with E-state index in [4.69, 9.17) is 21.1 Å². The second kappa shape index (κ2) is 8.37. The van der Waals surface area contributed by atoms with Crippen LogP contribution in [0.2, 0.25) is 5.02 Å². The number of hydrogen-bond donors (Lipinski definition) is 3. The van der Waals surface area contributed by atoms with Gasteiger partial charge < -0.3 is 20.1 Å². The lowest BCUT2D eigenvalue weighted by atomic mass is 10.1. The SMILES string of the molecule is COc1ccc(Cl)cc1NC(=O)[C@@H]1CC(=O)NC(=NC[C@H]2CCCO2)N1. The van der Waals surface area contributed by atoms with Crippen molar-refractivity contribution in [1.82, 2.24) is 10.6 Å². The number of nitrogens with one attached hydrogen (secondary N) is 3. The number of carbonyl (C=O) groups excluding carboxylic acids is 2. The number of hydrogen-bond acceptors (Lipinski definition) is 5. The molecule has 2 heterocycles. The molecular formula is C17H21ClN4O4. The van der Waals surface area contributed by atoms with Crippen LogP contribution in [-0.4, -0.2) is 50.2 Å². The molecule has 2 aliphatic rings. The minimum Gasteiger partial charge on any atom is -0.495 e. The second-order valence-corrected chi connectivity index (χ2v) is 6.54. The van der Waals surface area contributed by atoms with Crippen molar-refractivity contribution in [2.75, 3.05) is 25.6 Å². The first kappa shape index (κ1) is 18.5. The highest BCUT2D eigenvalue weighted by atomic mass is 35.5. The predicted molar refractivity (Wildman–Crippen MR) is 97.6 cm³/mol. The van der Waals surface area contributed by atoms with E-state index in [9.17, 15) is 9.59 Å². The van der Waals surface area contributed by atoms with Crippen molar-refractivity contribution in [2.45, 2.75) is 31.4 Å². The molecule has 2 atom stereocenters. The molecule has 26 heavy (non-hydrogen) atoms. The van der Waals surface area contributed by atoms with Crippen molar-refractivity contribution in [2.24, 2.45) is 4.99 Å². The largest absolute Gasteiger partial charge is 0.495 e. The summed E-state index contributed by atoms with van der Waals surface area (Å²) in [6, 6.07) is 4.18. The lowest BCUT2D eigenvalue weighted by Gasteiger charge is -2.25. The minimum absolute atomic E-state index is 0.00760. The Bertz CT molecular complexity index is 719. The lowest BCUT2D eigenvalue weighted by molar-refractivity contribution is -0.125. The molecule has 0 unspecified atom stereocenters. The van der Waals surface area contributed by atoms with Gasteiger partial charge in [0.05, 0.1) is 31.9 Å². The molecule has 0 radical (unpaired) electrons.